The minimum absolute atomic E-state index is 0.0437. The summed E-state index contributed by atoms with van der Waals surface area (Å²) < 4.78 is 5.49. The van der Waals surface area contributed by atoms with Crippen LogP contribution in [0, 0.1) is 0 Å². The first kappa shape index (κ1) is 14.5. The summed E-state index contributed by atoms with van der Waals surface area (Å²) >= 11 is 1.68. The molecular formula is C16H17NO2S. The first-order valence-corrected chi connectivity index (χ1v) is 7.62. The van der Waals surface area contributed by atoms with Crippen LogP contribution in [-0.4, -0.2) is 18.8 Å². The second-order valence-corrected chi connectivity index (χ2v) is 5.07. The molecule has 4 heteroatoms. The molecule has 0 fully saturated rings. The molecule has 2 rings (SSSR count). The van der Waals surface area contributed by atoms with Gasteiger partial charge in [0.1, 0.15) is 5.75 Å². The minimum Gasteiger partial charge on any atom is -0.493 e. The number of carbonyl (C=O) groups is 1. The molecule has 0 bridgehead atoms. The summed E-state index contributed by atoms with van der Waals surface area (Å²) in [5.41, 5.74) is 0.813. The lowest BCUT2D eigenvalue weighted by atomic mass is 10.3. The van der Waals surface area contributed by atoms with Gasteiger partial charge in [-0.2, -0.15) is 0 Å². The molecule has 2 aromatic rings. The van der Waals surface area contributed by atoms with Crippen LogP contribution in [-0.2, 0) is 4.79 Å². The van der Waals surface area contributed by atoms with Crippen molar-refractivity contribution >= 4 is 23.4 Å². The molecule has 0 radical (unpaired) electrons. The van der Waals surface area contributed by atoms with Crippen LogP contribution < -0.4 is 10.1 Å². The van der Waals surface area contributed by atoms with Gasteiger partial charge in [0.05, 0.1) is 13.0 Å². The van der Waals surface area contributed by atoms with Crippen molar-refractivity contribution in [2.24, 2.45) is 0 Å². The molecular weight excluding hydrogens is 270 g/mol. The molecule has 0 aliphatic carbocycles. The lowest BCUT2D eigenvalue weighted by Crippen LogP contribution is -2.15. The molecule has 0 unspecified atom stereocenters. The molecule has 2 aromatic carbocycles. The van der Waals surface area contributed by atoms with Crippen LogP contribution in [0.3, 0.4) is 0 Å². The van der Waals surface area contributed by atoms with E-state index in [1.807, 2.05) is 60.9 Å². The number of para-hydroxylation sites is 1. The second kappa shape index (κ2) is 7.60. The summed E-state index contributed by atoms with van der Waals surface area (Å²) in [5, 5.41) is 2.85. The van der Waals surface area contributed by atoms with Gasteiger partial charge >= 0.3 is 0 Å². The topological polar surface area (TPSA) is 38.3 Å². The number of thioether (sulfide) groups is 1. The van der Waals surface area contributed by atoms with Gasteiger partial charge in [-0.05, 0) is 42.7 Å². The van der Waals surface area contributed by atoms with Crippen molar-refractivity contribution in [1.82, 2.24) is 0 Å². The van der Waals surface area contributed by atoms with E-state index in [9.17, 15) is 4.79 Å². The normalized spacial score (nSPS) is 10.1. The third-order valence-corrected chi connectivity index (χ3v) is 3.46. The van der Waals surface area contributed by atoms with Crippen LogP contribution >= 0.6 is 11.8 Å². The summed E-state index contributed by atoms with van der Waals surface area (Å²) in [6, 6.07) is 17.3. The van der Waals surface area contributed by atoms with Gasteiger partial charge in [-0.25, -0.2) is 0 Å². The summed E-state index contributed by atoms with van der Waals surface area (Å²) in [7, 11) is 0. The van der Waals surface area contributed by atoms with Gasteiger partial charge in [-0.15, -0.1) is 11.8 Å². The van der Waals surface area contributed by atoms with Crippen molar-refractivity contribution in [3.63, 3.8) is 0 Å². The number of nitrogens with one attached hydrogen (secondary N) is 1. The molecule has 0 spiro atoms. The average Bonchev–Trinajstić information content (AvgIpc) is 2.49. The van der Waals surface area contributed by atoms with Gasteiger partial charge < -0.3 is 10.1 Å². The predicted molar refractivity (Wildman–Crippen MR) is 83.4 cm³/mol. The number of ether oxygens (including phenoxy) is 1. The molecule has 0 heterocycles. The van der Waals surface area contributed by atoms with E-state index >= 15 is 0 Å². The van der Waals surface area contributed by atoms with Crippen LogP contribution in [0.1, 0.15) is 6.42 Å². The highest BCUT2D eigenvalue weighted by Gasteiger charge is 2.03. The summed E-state index contributed by atoms with van der Waals surface area (Å²) in [6.45, 7) is 0.374. The van der Waals surface area contributed by atoms with Gasteiger partial charge in [0.15, 0.2) is 0 Å². The maximum atomic E-state index is 11.8. The SMILES string of the molecule is CSc1ccc(NC(=O)CCOc2ccccc2)cc1. The largest absolute Gasteiger partial charge is 0.493 e. The van der Waals surface area contributed by atoms with E-state index in [0.717, 1.165) is 11.4 Å². The maximum Gasteiger partial charge on any atom is 0.227 e. The molecule has 0 saturated carbocycles. The number of carbonyl (C=O) groups excluding carboxylic acids is 1. The van der Waals surface area contributed by atoms with E-state index in [4.69, 9.17) is 4.74 Å². The number of amides is 1. The maximum absolute atomic E-state index is 11.8. The molecule has 1 N–H and O–H groups in total. The zero-order valence-electron chi connectivity index (χ0n) is 11.3. The van der Waals surface area contributed by atoms with Crippen molar-refractivity contribution in [3.8, 4) is 5.75 Å². The Hall–Kier alpha value is -1.94. The van der Waals surface area contributed by atoms with Crippen molar-refractivity contribution in [1.29, 1.82) is 0 Å². The highest BCUT2D eigenvalue weighted by molar-refractivity contribution is 7.98. The number of hydrogen-bond acceptors (Lipinski definition) is 3. The van der Waals surface area contributed by atoms with Crippen molar-refractivity contribution in [2.45, 2.75) is 11.3 Å². The van der Waals surface area contributed by atoms with Gasteiger partial charge in [-0.1, -0.05) is 18.2 Å². The number of hydrogen-bond donors (Lipinski definition) is 1. The fourth-order valence-corrected chi connectivity index (χ4v) is 2.08. The molecule has 0 aliphatic heterocycles. The van der Waals surface area contributed by atoms with Crippen LogP contribution in [0.15, 0.2) is 59.5 Å². The first-order chi connectivity index (χ1) is 9.78. The Morgan fingerprint density at radius 1 is 1.10 bits per heavy atom. The molecule has 0 saturated heterocycles. The van der Waals surface area contributed by atoms with Crippen molar-refractivity contribution in [2.75, 3.05) is 18.2 Å². The highest BCUT2D eigenvalue weighted by Crippen LogP contribution is 2.17. The van der Waals surface area contributed by atoms with E-state index in [2.05, 4.69) is 5.32 Å². The Bertz CT molecular complexity index is 540. The number of rotatable bonds is 6. The van der Waals surface area contributed by atoms with Gasteiger partial charge in [0.25, 0.3) is 0 Å². The predicted octanol–water partition coefficient (Wildman–Crippen LogP) is 3.82. The third-order valence-electron chi connectivity index (χ3n) is 2.71. The Labute approximate surface area is 123 Å². The Kier molecular flexibility index (Phi) is 5.50. The zero-order valence-corrected chi connectivity index (χ0v) is 12.2. The van der Waals surface area contributed by atoms with Crippen molar-refractivity contribution in [3.05, 3.63) is 54.6 Å². The summed E-state index contributed by atoms with van der Waals surface area (Å²) in [4.78, 5) is 12.9. The monoisotopic (exact) mass is 287 g/mol. The fourth-order valence-electron chi connectivity index (χ4n) is 1.68. The Morgan fingerprint density at radius 3 is 2.45 bits per heavy atom. The molecule has 104 valence electrons. The highest BCUT2D eigenvalue weighted by atomic mass is 32.2. The summed E-state index contributed by atoms with van der Waals surface area (Å²) in [6.07, 6.45) is 2.35. The molecule has 0 atom stereocenters. The van der Waals surface area contributed by atoms with E-state index in [1.165, 1.54) is 4.90 Å². The number of anilines is 1. The standard InChI is InChI=1S/C16H17NO2S/c1-20-15-9-7-13(8-10-15)17-16(18)11-12-19-14-5-3-2-4-6-14/h2-10H,11-12H2,1H3,(H,17,18). The van der Waals surface area contributed by atoms with E-state index in [-0.39, 0.29) is 5.91 Å². The van der Waals surface area contributed by atoms with E-state index < -0.39 is 0 Å². The Morgan fingerprint density at radius 2 is 1.80 bits per heavy atom. The van der Waals surface area contributed by atoms with Crippen LogP contribution in [0.25, 0.3) is 0 Å². The minimum atomic E-state index is -0.0437. The molecule has 0 aromatic heterocycles. The lowest BCUT2D eigenvalue weighted by Gasteiger charge is -2.07. The first-order valence-electron chi connectivity index (χ1n) is 6.39. The zero-order chi connectivity index (χ0) is 14.2. The smallest absolute Gasteiger partial charge is 0.227 e. The van der Waals surface area contributed by atoms with Crippen molar-refractivity contribution < 1.29 is 9.53 Å². The molecule has 1 amide bonds. The second-order valence-electron chi connectivity index (χ2n) is 4.19. The van der Waals surface area contributed by atoms with Crippen LogP contribution in [0.2, 0.25) is 0 Å². The van der Waals surface area contributed by atoms with Gasteiger partial charge in [0.2, 0.25) is 5.91 Å². The van der Waals surface area contributed by atoms with E-state index in [0.29, 0.717) is 13.0 Å². The van der Waals surface area contributed by atoms with Gasteiger partial charge in [0, 0.05) is 10.6 Å². The third kappa shape index (κ3) is 4.63. The van der Waals surface area contributed by atoms with Gasteiger partial charge in [-0.3, -0.25) is 4.79 Å². The average molecular weight is 287 g/mol. The molecule has 0 aliphatic rings. The number of benzene rings is 2. The van der Waals surface area contributed by atoms with Crippen LogP contribution in [0.5, 0.6) is 5.75 Å². The lowest BCUT2D eigenvalue weighted by molar-refractivity contribution is -0.116. The Balaban J connectivity index is 1.74. The van der Waals surface area contributed by atoms with E-state index in [1.54, 1.807) is 11.8 Å². The molecule has 20 heavy (non-hydrogen) atoms. The fraction of sp³-hybridized carbons (Fsp3) is 0.188. The quantitative estimate of drug-likeness (QED) is 0.821. The van der Waals surface area contributed by atoms with Crippen LogP contribution in [0.4, 0.5) is 5.69 Å². The molecule has 3 nitrogen and oxygen atoms in total. The summed E-state index contributed by atoms with van der Waals surface area (Å²) in [5.74, 6) is 0.738.